The number of carbonyl (C=O) groups is 1. The van der Waals surface area contributed by atoms with Gasteiger partial charge in [-0.3, -0.25) is 4.98 Å². The maximum atomic E-state index is 10.7. The lowest BCUT2D eigenvalue weighted by Crippen LogP contribution is -2.18. The average Bonchev–Trinajstić information content (AvgIpc) is 2.66. The third-order valence-electron chi connectivity index (χ3n) is 2.39. The van der Waals surface area contributed by atoms with E-state index < -0.39 is 12.1 Å². The van der Waals surface area contributed by atoms with E-state index in [1.54, 1.807) is 12.4 Å². The summed E-state index contributed by atoms with van der Waals surface area (Å²) >= 11 is 3.32. The van der Waals surface area contributed by atoms with Gasteiger partial charge in [0.15, 0.2) is 6.10 Å². The summed E-state index contributed by atoms with van der Waals surface area (Å²) in [5.41, 5.74) is 0.924. The zero-order valence-corrected chi connectivity index (χ0v) is 9.48. The van der Waals surface area contributed by atoms with Crippen LogP contribution < -0.4 is 0 Å². The third kappa shape index (κ3) is 2.35. The predicted octanol–water partition coefficient (Wildman–Crippen LogP) is 2.15. The summed E-state index contributed by atoms with van der Waals surface area (Å²) in [6.45, 7) is 0. The van der Waals surface area contributed by atoms with Gasteiger partial charge in [-0.05, 0) is 34.8 Å². The van der Waals surface area contributed by atoms with Gasteiger partial charge in [-0.1, -0.05) is 0 Å². The predicted molar refractivity (Wildman–Crippen MR) is 56.4 cm³/mol. The number of nitrogens with zero attached hydrogens (tertiary/aromatic N) is 1. The topological polar surface area (TPSA) is 59.4 Å². The van der Waals surface area contributed by atoms with Crippen molar-refractivity contribution in [1.82, 2.24) is 4.98 Å². The van der Waals surface area contributed by atoms with Gasteiger partial charge in [0, 0.05) is 22.4 Å². The highest BCUT2D eigenvalue weighted by molar-refractivity contribution is 9.10. The molecular formula is C10H10BrNO3. The van der Waals surface area contributed by atoms with Gasteiger partial charge >= 0.3 is 5.97 Å². The first kappa shape index (κ1) is 10.6. The Kier molecular flexibility index (Phi) is 3.02. The Morgan fingerprint density at radius 2 is 2.33 bits per heavy atom. The lowest BCUT2D eigenvalue weighted by atomic mass is 10.1. The van der Waals surface area contributed by atoms with Crippen LogP contribution >= 0.6 is 15.9 Å². The van der Waals surface area contributed by atoms with Crippen LogP contribution in [0, 0.1) is 0 Å². The van der Waals surface area contributed by atoms with Gasteiger partial charge < -0.3 is 9.84 Å². The van der Waals surface area contributed by atoms with Crippen molar-refractivity contribution in [3.05, 3.63) is 28.5 Å². The largest absolute Gasteiger partial charge is 0.479 e. The smallest absolute Gasteiger partial charge is 0.332 e. The Morgan fingerprint density at radius 1 is 1.53 bits per heavy atom. The molecule has 5 heteroatoms. The van der Waals surface area contributed by atoms with E-state index in [2.05, 4.69) is 20.9 Å². The number of pyridine rings is 1. The van der Waals surface area contributed by atoms with Crippen LogP contribution in [-0.4, -0.2) is 22.2 Å². The molecule has 15 heavy (non-hydrogen) atoms. The fourth-order valence-corrected chi connectivity index (χ4v) is 2.05. The monoisotopic (exact) mass is 271 g/mol. The minimum atomic E-state index is -0.888. The van der Waals surface area contributed by atoms with Crippen LogP contribution in [0.25, 0.3) is 0 Å². The number of carboxylic acid groups (broad SMARTS) is 1. The lowest BCUT2D eigenvalue weighted by Gasteiger charge is -2.10. The van der Waals surface area contributed by atoms with E-state index in [1.165, 1.54) is 0 Å². The molecule has 2 unspecified atom stereocenters. The Hall–Kier alpha value is -0.940. The average molecular weight is 272 g/mol. The van der Waals surface area contributed by atoms with E-state index >= 15 is 0 Å². The van der Waals surface area contributed by atoms with Crippen molar-refractivity contribution in [3.63, 3.8) is 0 Å². The van der Waals surface area contributed by atoms with E-state index in [9.17, 15) is 4.79 Å². The molecule has 1 aromatic heterocycles. The first-order valence-corrected chi connectivity index (χ1v) is 5.45. The van der Waals surface area contributed by atoms with Crippen LogP contribution in [-0.2, 0) is 9.53 Å². The third-order valence-corrected chi connectivity index (χ3v) is 2.83. The molecule has 2 rings (SSSR count). The van der Waals surface area contributed by atoms with Crippen LogP contribution in [0.3, 0.4) is 0 Å². The molecule has 1 fully saturated rings. The number of ether oxygens (including phenoxy) is 1. The van der Waals surface area contributed by atoms with Crippen molar-refractivity contribution >= 4 is 21.9 Å². The van der Waals surface area contributed by atoms with Crippen LogP contribution in [0.4, 0.5) is 0 Å². The van der Waals surface area contributed by atoms with Gasteiger partial charge in [0.2, 0.25) is 0 Å². The van der Waals surface area contributed by atoms with E-state index in [0.29, 0.717) is 6.42 Å². The highest BCUT2D eigenvalue weighted by atomic mass is 79.9. The SMILES string of the molecule is O=C(O)C1CCC(c2cncc(Br)c2)O1. The second-order valence-electron chi connectivity index (χ2n) is 3.47. The van der Waals surface area contributed by atoms with Crippen LogP contribution in [0.2, 0.25) is 0 Å². The van der Waals surface area contributed by atoms with Crippen LogP contribution in [0.1, 0.15) is 24.5 Å². The highest BCUT2D eigenvalue weighted by Crippen LogP contribution is 2.33. The molecule has 0 bridgehead atoms. The summed E-state index contributed by atoms with van der Waals surface area (Å²) in [6.07, 6.45) is 3.87. The first-order chi connectivity index (χ1) is 7.16. The van der Waals surface area contributed by atoms with E-state index in [1.807, 2.05) is 6.07 Å². The summed E-state index contributed by atoms with van der Waals surface area (Å²) in [6, 6.07) is 1.90. The number of rotatable bonds is 2. The van der Waals surface area contributed by atoms with Gasteiger partial charge in [0.1, 0.15) is 0 Å². The molecule has 0 amide bonds. The van der Waals surface area contributed by atoms with E-state index in [-0.39, 0.29) is 6.10 Å². The number of hydrogen-bond acceptors (Lipinski definition) is 3. The molecule has 0 aliphatic carbocycles. The fraction of sp³-hybridized carbons (Fsp3) is 0.400. The van der Waals surface area contributed by atoms with Crippen molar-refractivity contribution in [2.75, 3.05) is 0 Å². The molecule has 1 saturated heterocycles. The molecule has 0 radical (unpaired) electrons. The molecule has 1 N–H and O–H groups in total. The zero-order valence-electron chi connectivity index (χ0n) is 7.89. The second-order valence-corrected chi connectivity index (χ2v) is 4.38. The second kappa shape index (κ2) is 4.28. The Labute approximate surface area is 95.4 Å². The van der Waals surface area contributed by atoms with Crippen molar-refractivity contribution in [3.8, 4) is 0 Å². The maximum absolute atomic E-state index is 10.7. The summed E-state index contributed by atoms with van der Waals surface area (Å²) in [5.74, 6) is -0.888. The molecule has 0 saturated carbocycles. The molecule has 0 aromatic carbocycles. The molecule has 1 aromatic rings. The lowest BCUT2D eigenvalue weighted by molar-refractivity contribution is -0.149. The summed E-state index contributed by atoms with van der Waals surface area (Å²) in [7, 11) is 0. The fourth-order valence-electron chi connectivity index (χ4n) is 1.67. The minimum Gasteiger partial charge on any atom is -0.479 e. The molecule has 4 nitrogen and oxygen atoms in total. The first-order valence-electron chi connectivity index (χ1n) is 4.65. The van der Waals surface area contributed by atoms with E-state index in [0.717, 1.165) is 16.5 Å². The van der Waals surface area contributed by atoms with Crippen LogP contribution in [0.5, 0.6) is 0 Å². The van der Waals surface area contributed by atoms with Gasteiger partial charge in [0.05, 0.1) is 6.10 Å². The molecule has 1 aliphatic heterocycles. The Morgan fingerprint density at radius 3 is 2.93 bits per heavy atom. The van der Waals surface area contributed by atoms with Gasteiger partial charge in [-0.2, -0.15) is 0 Å². The van der Waals surface area contributed by atoms with Gasteiger partial charge in [-0.15, -0.1) is 0 Å². The minimum absolute atomic E-state index is 0.143. The Balaban J connectivity index is 2.11. The zero-order chi connectivity index (χ0) is 10.8. The molecule has 0 spiro atoms. The standard InChI is InChI=1S/C10H10BrNO3/c11-7-3-6(4-12-5-7)8-1-2-9(15-8)10(13)14/h3-5,8-9H,1-2H2,(H,13,14). The number of aromatic nitrogens is 1. The molecule has 2 heterocycles. The van der Waals surface area contributed by atoms with Crippen molar-refractivity contribution < 1.29 is 14.6 Å². The maximum Gasteiger partial charge on any atom is 0.332 e. The van der Waals surface area contributed by atoms with Crippen molar-refractivity contribution in [2.45, 2.75) is 25.0 Å². The van der Waals surface area contributed by atoms with Crippen LogP contribution in [0.15, 0.2) is 22.9 Å². The molecule has 80 valence electrons. The Bertz CT molecular complexity index is 383. The number of hydrogen-bond donors (Lipinski definition) is 1. The quantitative estimate of drug-likeness (QED) is 0.896. The summed E-state index contributed by atoms with van der Waals surface area (Å²) in [4.78, 5) is 14.7. The van der Waals surface area contributed by atoms with Gasteiger partial charge in [-0.25, -0.2) is 4.79 Å². The summed E-state index contributed by atoms with van der Waals surface area (Å²) in [5, 5.41) is 8.78. The van der Waals surface area contributed by atoms with Crippen molar-refractivity contribution in [2.24, 2.45) is 0 Å². The van der Waals surface area contributed by atoms with Crippen molar-refractivity contribution in [1.29, 1.82) is 0 Å². The molecule has 2 atom stereocenters. The molecular weight excluding hydrogens is 262 g/mol. The van der Waals surface area contributed by atoms with Gasteiger partial charge in [0.25, 0.3) is 0 Å². The number of halogens is 1. The number of carboxylic acids is 1. The molecule has 1 aliphatic rings. The highest BCUT2D eigenvalue weighted by Gasteiger charge is 2.31. The van der Waals surface area contributed by atoms with E-state index in [4.69, 9.17) is 9.84 Å². The number of aliphatic carboxylic acids is 1. The summed E-state index contributed by atoms with van der Waals surface area (Å²) < 4.78 is 6.28. The normalized spacial score (nSPS) is 25.4.